The van der Waals surface area contributed by atoms with Crippen LogP contribution in [0.25, 0.3) is 11.1 Å². The molecule has 0 bridgehead atoms. The summed E-state index contributed by atoms with van der Waals surface area (Å²) in [5.74, 6) is 2.37. The van der Waals surface area contributed by atoms with Gasteiger partial charge in [0.15, 0.2) is 16.6 Å². The van der Waals surface area contributed by atoms with Gasteiger partial charge in [0.25, 0.3) is 0 Å². The van der Waals surface area contributed by atoms with Crippen LogP contribution in [0.1, 0.15) is 11.1 Å². The maximum Gasteiger partial charge on any atom is 0.231 e. The van der Waals surface area contributed by atoms with Gasteiger partial charge in [-0.15, -0.1) is 11.3 Å². The van der Waals surface area contributed by atoms with Crippen LogP contribution in [0.3, 0.4) is 0 Å². The average Bonchev–Trinajstić information content (AvgIpc) is 3.27. The number of thiazole rings is 1. The molecule has 1 aliphatic rings. The Morgan fingerprint density at radius 1 is 1.12 bits per heavy atom. The summed E-state index contributed by atoms with van der Waals surface area (Å²) in [6.07, 6.45) is 1.78. The molecule has 0 fully saturated rings. The number of ether oxygens (including phenoxy) is 3. The summed E-state index contributed by atoms with van der Waals surface area (Å²) in [6, 6.07) is 8.00. The van der Waals surface area contributed by atoms with Gasteiger partial charge in [-0.2, -0.15) is 0 Å². The first kappa shape index (κ1) is 15.8. The van der Waals surface area contributed by atoms with E-state index >= 15 is 0 Å². The number of hydrogen-bond donors (Lipinski definition) is 1. The fourth-order valence-corrected chi connectivity index (χ4v) is 3.70. The highest BCUT2D eigenvalue weighted by molar-refractivity contribution is 7.13. The number of aromatic nitrogens is 1. The van der Waals surface area contributed by atoms with Gasteiger partial charge in [0.1, 0.15) is 5.75 Å². The predicted molar refractivity (Wildman–Crippen MR) is 99.4 cm³/mol. The van der Waals surface area contributed by atoms with Crippen LogP contribution in [0.2, 0.25) is 0 Å². The van der Waals surface area contributed by atoms with Crippen molar-refractivity contribution in [3.63, 3.8) is 0 Å². The molecule has 5 nitrogen and oxygen atoms in total. The molecule has 0 radical (unpaired) electrons. The first-order valence-corrected chi connectivity index (χ1v) is 8.80. The average molecular weight is 354 g/mol. The van der Waals surface area contributed by atoms with Crippen molar-refractivity contribution in [1.29, 1.82) is 0 Å². The van der Waals surface area contributed by atoms with Crippen molar-refractivity contribution in [3.8, 4) is 28.4 Å². The number of hydrogen-bond acceptors (Lipinski definition) is 6. The van der Waals surface area contributed by atoms with E-state index in [-0.39, 0.29) is 6.79 Å². The topological polar surface area (TPSA) is 52.6 Å². The third kappa shape index (κ3) is 2.78. The van der Waals surface area contributed by atoms with E-state index in [0.29, 0.717) is 0 Å². The van der Waals surface area contributed by atoms with Crippen LogP contribution in [0.15, 0.2) is 35.8 Å². The van der Waals surface area contributed by atoms with E-state index in [4.69, 9.17) is 14.2 Å². The fraction of sp³-hybridized carbons (Fsp3) is 0.211. The zero-order valence-corrected chi connectivity index (χ0v) is 15.1. The number of nitrogens with one attached hydrogen (secondary N) is 1. The molecule has 0 saturated carbocycles. The van der Waals surface area contributed by atoms with Gasteiger partial charge in [-0.3, -0.25) is 0 Å². The van der Waals surface area contributed by atoms with Crippen LogP contribution in [0.4, 0.5) is 10.8 Å². The number of fused-ring (bicyclic) bond motifs is 1. The van der Waals surface area contributed by atoms with E-state index in [1.165, 1.54) is 0 Å². The van der Waals surface area contributed by atoms with E-state index in [0.717, 1.165) is 50.3 Å². The van der Waals surface area contributed by atoms with Crippen LogP contribution >= 0.6 is 11.3 Å². The van der Waals surface area contributed by atoms with Crippen molar-refractivity contribution in [2.24, 2.45) is 0 Å². The van der Waals surface area contributed by atoms with E-state index < -0.39 is 0 Å². The molecule has 25 heavy (non-hydrogen) atoms. The Labute approximate surface area is 150 Å². The number of methoxy groups -OCH3 is 1. The van der Waals surface area contributed by atoms with E-state index in [2.05, 4.69) is 24.1 Å². The number of rotatable bonds is 4. The van der Waals surface area contributed by atoms with Gasteiger partial charge in [0.2, 0.25) is 6.79 Å². The third-order valence-corrected chi connectivity index (χ3v) is 4.89. The molecule has 0 amide bonds. The highest BCUT2D eigenvalue weighted by Gasteiger charge is 2.25. The summed E-state index contributed by atoms with van der Waals surface area (Å²) in [4.78, 5) is 4.33. The lowest BCUT2D eigenvalue weighted by molar-refractivity contribution is 0.174. The van der Waals surface area contributed by atoms with Gasteiger partial charge < -0.3 is 19.5 Å². The number of aryl methyl sites for hydroxylation is 2. The third-order valence-electron chi connectivity index (χ3n) is 4.21. The van der Waals surface area contributed by atoms with Crippen LogP contribution < -0.4 is 19.5 Å². The lowest BCUT2D eigenvalue weighted by Crippen LogP contribution is -1.99. The molecule has 2 aromatic carbocycles. The maximum absolute atomic E-state index is 5.80. The van der Waals surface area contributed by atoms with Gasteiger partial charge in [0.05, 0.1) is 18.4 Å². The van der Waals surface area contributed by atoms with Crippen LogP contribution in [-0.4, -0.2) is 18.9 Å². The molecule has 128 valence electrons. The Morgan fingerprint density at radius 3 is 2.60 bits per heavy atom. The molecule has 4 rings (SSSR count). The minimum absolute atomic E-state index is 0.233. The molecule has 0 unspecified atom stereocenters. The highest BCUT2D eigenvalue weighted by Crippen LogP contribution is 2.49. The molecule has 6 heteroatoms. The molecule has 3 aromatic rings. The molecular weight excluding hydrogens is 336 g/mol. The second-order valence-corrected chi connectivity index (χ2v) is 6.71. The maximum atomic E-state index is 5.80. The predicted octanol–water partition coefficient (Wildman–Crippen LogP) is 4.91. The molecule has 0 atom stereocenters. The van der Waals surface area contributed by atoms with Crippen molar-refractivity contribution >= 4 is 22.2 Å². The minimum Gasteiger partial charge on any atom is -0.497 e. The Kier molecular flexibility index (Phi) is 3.97. The second kappa shape index (κ2) is 6.29. The summed E-state index contributed by atoms with van der Waals surface area (Å²) in [5, 5.41) is 6.18. The highest BCUT2D eigenvalue weighted by atomic mass is 32.1. The molecule has 1 N–H and O–H groups in total. The normalized spacial score (nSPS) is 12.3. The summed E-state index contributed by atoms with van der Waals surface area (Å²) in [6.45, 7) is 4.39. The lowest BCUT2D eigenvalue weighted by Gasteiger charge is -2.18. The Morgan fingerprint density at radius 2 is 1.92 bits per heavy atom. The first-order valence-electron chi connectivity index (χ1n) is 7.92. The zero-order valence-electron chi connectivity index (χ0n) is 14.3. The molecule has 2 heterocycles. The molecule has 0 saturated heterocycles. The second-order valence-electron chi connectivity index (χ2n) is 5.82. The zero-order chi connectivity index (χ0) is 17.4. The SMILES string of the molecule is COc1cc(C)c(-c2c(Nc3nccs3)ccc3c2OCO3)c(C)c1. The molecule has 1 aromatic heterocycles. The number of anilines is 2. The van der Waals surface area contributed by atoms with Gasteiger partial charge in [0, 0.05) is 11.6 Å². The van der Waals surface area contributed by atoms with Crippen molar-refractivity contribution in [1.82, 2.24) is 4.98 Å². The van der Waals surface area contributed by atoms with E-state index in [9.17, 15) is 0 Å². The summed E-state index contributed by atoms with van der Waals surface area (Å²) in [7, 11) is 1.68. The van der Waals surface area contributed by atoms with E-state index in [1.54, 1.807) is 24.6 Å². The monoisotopic (exact) mass is 354 g/mol. The molecule has 0 aliphatic carbocycles. The fourth-order valence-electron chi connectivity index (χ4n) is 3.16. The van der Waals surface area contributed by atoms with E-state index in [1.807, 2.05) is 29.6 Å². The van der Waals surface area contributed by atoms with Gasteiger partial charge >= 0.3 is 0 Å². The smallest absolute Gasteiger partial charge is 0.231 e. The van der Waals surface area contributed by atoms with Crippen LogP contribution in [-0.2, 0) is 0 Å². The Hall–Kier alpha value is -2.73. The number of benzene rings is 2. The standard InChI is InChI=1S/C19H18N2O3S/c1-11-8-13(22-3)9-12(2)16(11)17-14(21-19-20-6-7-25-19)4-5-15-18(17)24-10-23-15/h4-9H,10H2,1-3H3,(H,20,21). The largest absolute Gasteiger partial charge is 0.497 e. The Bertz CT molecular complexity index is 900. The summed E-state index contributed by atoms with van der Waals surface area (Å²) in [5.41, 5.74) is 5.27. The lowest BCUT2D eigenvalue weighted by atomic mass is 9.93. The first-order chi connectivity index (χ1) is 12.2. The molecular formula is C19H18N2O3S. The van der Waals surface area contributed by atoms with Crippen molar-refractivity contribution in [2.45, 2.75) is 13.8 Å². The summed E-state index contributed by atoms with van der Waals surface area (Å²) < 4.78 is 16.8. The molecule has 0 spiro atoms. The molecule has 1 aliphatic heterocycles. The minimum atomic E-state index is 0.233. The summed E-state index contributed by atoms with van der Waals surface area (Å²) >= 11 is 1.56. The Balaban J connectivity index is 1.92. The van der Waals surface area contributed by atoms with Crippen LogP contribution in [0, 0.1) is 13.8 Å². The van der Waals surface area contributed by atoms with Crippen molar-refractivity contribution < 1.29 is 14.2 Å². The van der Waals surface area contributed by atoms with Crippen LogP contribution in [0.5, 0.6) is 17.2 Å². The van der Waals surface area contributed by atoms with Gasteiger partial charge in [-0.05, 0) is 54.8 Å². The van der Waals surface area contributed by atoms with Crippen molar-refractivity contribution in [2.75, 3.05) is 19.2 Å². The quantitative estimate of drug-likeness (QED) is 0.721. The number of nitrogens with zero attached hydrogens (tertiary/aromatic N) is 1. The van der Waals surface area contributed by atoms with Gasteiger partial charge in [-0.1, -0.05) is 0 Å². The van der Waals surface area contributed by atoms with Crippen molar-refractivity contribution in [3.05, 3.63) is 47.0 Å². The van der Waals surface area contributed by atoms with Gasteiger partial charge in [-0.25, -0.2) is 4.98 Å².